The fourth-order valence-corrected chi connectivity index (χ4v) is 4.17. The summed E-state index contributed by atoms with van der Waals surface area (Å²) in [6, 6.07) is 8.96. The Hall–Kier alpha value is -1.28. The van der Waals surface area contributed by atoms with Gasteiger partial charge in [-0.2, -0.15) is 0 Å². The summed E-state index contributed by atoms with van der Waals surface area (Å²) in [7, 11) is -3.46. The number of nitrogens with zero attached hydrogens (tertiary/aromatic N) is 1. The molecule has 0 aromatic carbocycles. The van der Waals surface area contributed by atoms with Crippen LogP contribution in [0.15, 0.2) is 40.7 Å². The number of hydrogen-bond acceptors (Lipinski definition) is 5. The number of pyridine rings is 1. The van der Waals surface area contributed by atoms with Crippen LogP contribution in [0.1, 0.15) is 17.5 Å². The summed E-state index contributed by atoms with van der Waals surface area (Å²) in [6.07, 6.45) is 2.49. The standard InChI is InChI=1S/C14H19N3O2S2/c1-2-15-10-8-13-6-7-14(20-13)21(18,19)17-11-12-5-3-4-9-16-12/h3-7,9,15,17H,2,8,10-11H2,1H3. The lowest BCUT2D eigenvalue weighted by atomic mass is 10.3. The van der Waals surface area contributed by atoms with Gasteiger partial charge in [-0.3, -0.25) is 4.98 Å². The van der Waals surface area contributed by atoms with Gasteiger partial charge in [-0.05, 0) is 43.8 Å². The van der Waals surface area contributed by atoms with Crippen LogP contribution in [0.5, 0.6) is 0 Å². The lowest BCUT2D eigenvalue weighted by Crippen LogP contribution is -2.22. The molecule has 0 aliphatic rings. The van der Waals surface area contributed by atoms with Gasteiger partial charge in [0.1, 0.15) is 4.21 Å². The second-order valence-electron chi connectivity index (χ2n) is 4.47. The summed E-state index contributed by atoms with van der Waals surface area (Å²) in [5.74, 6) is 0. The zero-order valence-electron chi connectivity index (χ0n) is 11.9. The lowest BCUT2D eigenvalue weighted by molar-refractivity contribution is 0.582. The van der Waals surface area contributed by atoms with Crippen molar-refractivity contribution in [2.75, 3.05) is 13.1 Å². The average molecular weight is 325 g/mol. The van der Waals surface area contributed by atoms with E-state index in [-0.39, 0.29) is 6.54 Å². The van der Waals surface area contributed by atoms with Crippen LogP contribution in [-0.4, -0.2) is 26.5 Å². The van der Waals surface area contributed by atoms with E-state index in [0.717, 1.165) is 24.4 Å². The van der Waals surface area contributed by atoms with E-state index in [1.165, 1.54) is 11.3 Å². The number of likely N-dealkylation sites (N-methyl/N-ethyl adjacent to an activating group) is 1. The highest BCUT2D eigenvalue weighted by atomic mass is 32.2. The molecule has 0 unspecified atom stereocenters. The highest BCUT2D eigenvalue weighted by molar-refractivity contribution is 7.91. The predicted octanol–water partition coefficient (Wildman–Crippen LogP) is 1.77. The minimum Gasteiger partial charge on any atom is -0.317 e. The second kappa shape index (κ2) is 7.65. The van der Waals surface area contributed by atoms with E-state index < -0.39 is 10.0 Å². The molecular formula is C14H19N3O2S2. The fourth-order valence-electron chi connectivity index (χ4n) is 1.77. The van der Waals surface area contributed by atoms with Crippen LogP contribution < -0.4 is 10.0 Å². The van der Waals surface area contributed by atoms with Gasteiger partial charge in [-0.15, -0.1) is 11.3 Å². The van der Waals surface area contributed by atoms with Crippen molar-refractivity contribution in [2.24, 2.45) is 0 Å². The van der Waals surface area contributed by atoms with Crippen molar-refractivity contribution in [2.45, 2.75) is 24.1 Å². The van der Waals surface area contributed by atoms with E-state index >= 15 is 0 Å². The van der Waals surface area contributed by atoms with Crippen molar-refractivity contribution in [3.05, 3.63) is 47.1 Å². The third kappa shape index (κ3) is 4.89. The minimum atomic E-state index is -3.46. The van der Waals surface area contributed by atoms with Crippen LogP contribution in [0.2, 0.25) is 0 Å². The Bertz CT molecular complexity index is 654. The number of hydrogen-bond donors (Lipinski definition) is 2. The van der Waals surface area contributed by atoms with Gasteiger partial charge in [0.2, 0.25) is 10.0 Å². The quantitative estimate of drug-likeness (QED) is 0.726. The van der Waals surface area contributed by atoms with Crippen molar-refractivity contribution in [1.29, 1.82) is 0 Å². The maximum atomic E-state index is 12.2. The number of sulfonamides is 1. The molecule has 0 spiro atoms. The van der Waals surface area contributed by atoms with E-state index in [2.05, 4.69) is 15.0 Å². The van der Waals surface area contributed by atoms with E-state index in [1.54, 1.807) is 24.4 Å². The van der Waals surface area contributed by atoms with Crippen molar-refractivity contribution in [1.82, 2.24) is 15.0 Å². The van der Waals surface area contributed by atoms with E-state index in [1.807, 2.05) is 19.1 Å². The zero-order valence-corrected chi connectivity index (χ0v) is 13.5. The van der Waals surface area contributed by atoms with E-state index in [4.69, 9.17) is 0 Å². The first-order valence-corrected chi connectivity index (χ1v) is 9.11. The van der Waals surface area contributed by atoms with Crippen molar-refractivity contribution < 1.29 is 8.42 Å². The highest BCUT2D eigenvalue weighted by Gasteiger charge is 2.16. The Morgan fingerprint density at radius 1 is 1.24 bits per heavy atom. The molecular weight excluding hydrogens is 306 g/mol. The van der Waals surface area contributed by atoms with Crippen LogP contribution in [0, 0.1) is 0 Å². The first kappa shape index (κ1) is 16.1. The maximum absolute atomic E-state index is 12.2. The molecule has 2 heterocycles. The van der Waals surface area contributed by atoms with Crippen molar-refractivity contribution in [3.8, 4) is 0 Å². The van der Waals surface area contributed by atoms with Crippen LogP contribution in [0.4, 0.5) is 0 Å². The summed E-state index contributed by atoms with van der Waals surface area (Å²) in [4.78, 5) is 5.16. The molecule has 0 fully saturated rings. The second-order valence-corrected chi connectivity index (χ2v) is 7.63. The SMILES string of the molecule is CCNCCc1ccc(S(=O)(=O)NCc2ccccn2)s1. The molecule has 0 amide bonds. The molecule has 2 N–H and O–H groups in total. The van der Waals surface area contributed by atoms with Crippen molar-refractivity contribution >= 4 is 21.4 Å². The van der Waals surface area contributed by atoms with Gasteiger partial charge in [0.05, 0.1) is 12.2 Å². The first-order chi connectivity index (χ1) is 10.1. The molecule has 7 heteroatoms. The molecule has 0 radical (unpaired) electrons. The average Bonchev–Trinajstić information content (AvgIpc) is 2.96. The number of aromatic nitrogens is 1. The van der Waals surface area contributed by atoms with Gasteiger partial charge in [0, 0.05) is 11.1 Å². The summed E-state index contributed by atoms with van der Waals surface area (Å²) < 4.78 is 27.3. The van der Waals surface area contributed by atoms with Gasteiger partial charge in [-0.25, -0.2) is 13.1 Å². The third-order valence-electron chi connectivity index (χ3n) is 2.87. The van der Waals surface area contributed by atoms with Crippen LogP contribution in [-0.2, 0) is 23.0 Å². The molecule has 0 aliphatic heterocycles. The minimum absolute atomic E-state index is 0.202. The Morgan fingerprint density at radius 3 is 2.81 bits per heavy atom. The number of rotatable bonds is 8. The van der Waals surface area contributed by atoms with Gasteiger partial charge in [0.15, 0.2) is 0 Å². The first-order valence-electron chi connectivity index (χ1n) is 6.81. The Morgan fingerprint density at radius 2 is 2.10 bits per heavy atom. The lowest BCUT2D eigenvalue weighted by Gasteiger charge is -2.04. The molecule has 114 valence electrons. The Labute approximate surface area is 129 Å². The maximum Gasteiger partial charge on any atom is 0.250 e. The smallest absolute Gasteiger partial charge is 0.250 e. The molecule has 0 bridgehead atoms. The third-order valence-corrected chi connectivity index (χ3v) is 5.91. The van der Waals surface area contributed by atoms with Gasteiger partial charge in [0.25, 0.3) is 0 Å². The predicted molar refractivity (Wildman–Crippen MR) is 84.8 cm³/mol. The number of thiophene rings is 1. The molecule has 0 atom stereocenters. The van der Waals surface area contributed by atoms with Crippen molar-refractivity contribution in [3.63, 3.8) is 0 Å². The highest BCUT2D eigenvalue weighted by Crippen LogP contribution is 2.21. The van der Waals surface area contributed by atoms with Gasteiger partial charge < -0.3 is 5.32 Å². The van der Waals surface area contributed by atoms with Gasteiger partial charge >= 0.3 is 0 Å². The largest absolute Gasteiger partial charge is 0.317 e. The molecule has 2 rings (SSSR count). The normalized spacial score (nSPS) is 11.7. The molecule has 5 nitrogen and oxygen atoms in total. The molecule has 2 aromatic heterocycles. The summed E-state index contributed by atoms with van der Waals surface area (Å²) in [5.41, 5.74) is 0.699. The van der Waals surface area contributed by atoms with E-state index in [9.17, 15) is 8.42 Å². The van der Waals surface area contributed by atoms with Gasteiger partial charge in [-0.1, -0.05) is 13.0 Å². The van der Waals surface area contributed by atoms with Crippen LogP contribution in [0.3, 0.4) is 0 Å². The van der Waals surface area contributed by atoms with E-state index in [0.29, 0.717) is 9.90 Å². The molecule has 0 aliphatic carbocycles. The topological polar surface area (TPSA) is 71.1 Å². The monoisotopic (exact) mass is 325 g/mol. The zero-order chi connectivity index (χ0) is 15.1. The van der Waals surface area contributed by atoms with Crippen LogP contribution in [0.25, 0.3) is 0 Å². The Balaban J connectivity index is 1.96. The Kier molecular flexibility index (Phi) is 5.86. The molecule has 0 saturated heterocycles. The molecule has 2 aromatic rings. The summed E-state index contributed by atoms with van der Waals surface area (Å²) in [5, 5.41) is 3.22. The number of nitrogens with one attached hydrogen (secondary N) is 2. The molecule has 21 heavy (non-hydrogen) atoms. The summed E-state index contributed by atoms with van der Waals surface area (Å²) in [6.45, 7) is 4.03. The van der Waals surface area contributed by atoms with Crippen LogP contribution >= 0.6 is 11.3 Å². The fraction of sp³-hybridized carbons (Fsp3) is 0.357. The molecule has 0 saturated carbocycles. The summed E-state index contributed by atoms with van der Waals surface area (Å²) >= 11 is 1.31.